The fraction of sp³-hybridized carbons (Fsp3) is 0. The van der Waals surface area contributed by atoms with Crippen LogP contribution in [0.5, 0.6) is 5.75 Å². The van der Waals surface area contributed by atoms with Crippen LogP contribution in [0.1, 0.15) is 5.56 Å². The Hall–Kier alpha value is -1.40. The average molecular weight is 388 g/mol. The molecule has 0 aliphatic heterocycles. The molecule has 0 aliphatic rings. The number of rotatable bonds is 3. The highest BCUT2D eigenvalue weighted by molar-refractivity contribution is 9.11. The van der Waals surface area contributed by atoms with Gasteiger partial charge in [-0.1, -0.05) is 22.0 Å². The molecule has 0 bridgehead atoms. The molecular formula is C13H9Br2FN2O. The molecule has 2 aromatic carbocycles. The number of anilines is 1. The van der Waals surface area contributed by atoms with Crippen molar-refractivity contribution in [1.29, 1.82) is 0 Å². The molecule has 0 unspecified atom stereocenters. The first-order valence-electron chi connectivity index (χ1n) is 5.29. The Kier molecular flexibility index (Phi) is 4.55. The lowest BCUT2D eigenvalue weighted by molar-refractivity contribution is 0.471. The number of halogens is 3. The van der Waals surface area contributed by atoms with Gasteiger partial charge < -0.3 is 5.11 Å². The van der Waals surface area contributed by atoms with Gasteiger partial charge in [-0.05, 0) is 46.3 Å². The number of nitrogens with zero attached hydrogens (tertiary/aromatic N) is 1. The Morgan fingerprint density at radius 3 is 2.74 bits per heavy atom. The number of phenolic OH excluding ortho intramolecular Hbond substituents is 1. The van der Waals surface area contributed by atoms with E-state index >= 15 is 0 Å². The summed E-state index contributed by atoms with van der Waals surface area (Å²) in [5.74, 6) is -0.249. The summed E-state index contributed by atoms with van der Waals surface area (Å²) in [6, 6.07) is 9.40. The van der Waals surface area contributed by atoms with Crippen LogP contribution in [0.25, 0.3) is 0 Å². The Morgan fingerprint density at radius 2 is 2.00 bits per heavy atom. The van der Waals surface area contributed by atoms with E-state index in [-0.39, 0.29) is 11.6 Å². The lowest BCUT2D eigenvalue weighted by Crippen LogP contribution is -1.92. The van der Waals surface area contributed by atoms with Crippen LogP contribution in [0, 0.1) is 5.82 Å². The molecule has 0 aromatic heterocycles. The molecule has 2 N–H and O–H groups in total. The van der Waals surface area contributed by atoms with Crippen molar-refractivity contribution in [3.8, 4) is 5.75 Å². The molecule has 0 saturated heterocycles. The second-order valence-corrected chi connectivity index (χ2v) is 5.48. The fourth-order valence-electron chi connectivity index (χ4n) is 1.42. The monoisotopic (exact) mass is 386 g/mol. The van der Waals surface area contributed by atoms with E-state index in [0.717, 1.165) is 4.47 Å². The lowest BCUT2D eigenvalue weighted by Gasteiger charge is -2.03. The largest absolute Gasteiger partial charge is 0.506 e. The van der Waals surface area contributed by atoms with E-state index < -0.39 is 0 Å². The van der Waals surface area contributed by atoms with E-state index in [9.17, 15) is 9.50 Å². The van der Waals surface area contributed by atoms with Crippen molar-refractivity contribution in [3.63, 3.8) is 0 Å². The van der Waals surface area contributed by atoms with Gasteiger partial charge in [0.2, 0.25) is 0 Å². The predicted octanol–water partition coefficient (Wildman–Crippen LogP) is 4.50. The van der Waals surface area contributed by atoms with Crippen molar-refractivity contribution in [2.24, 2.45) is 5.10 Å². The number of nitrogens with one attached hydrogen (secondary N) is 1. The Bertz CT molecular complexity index is 632. The van der Waals surface area contributed by atoms with Crippen LogP contribution in [0.2, 0.25) is 0 Å². The third kappa shape index (κ3) is 3.78. The van der Waals surface area contributed by atoms with Crippen LogP contribution in [0.15, 0.2) is 50.4 Å². The van der Waals surface area contributed by atoms with Gasteiger partial charge in [0, 0.05) is 10.0 Å². The minimum absolute atomic E-state index is 0.0907. The standard InChI is InChI=1S/C13H9Br2FN2O/c14-9-4-8(13(19)12(15)5-9)7-17-18-11-3-1-2-10(16)6-11/h1-7,18-19H/b17-7+. The zero-order valence-electron chi connectivity index (χ0n) is 9.57. The highest BCUT2D eigenvalue weighted by Gasteiger charge is 2.05. The Morgan fingerprint density at radius 1 is 1.21 bits per heavy atom. The van der Waals surface area contributed by atoms with Crippen molar-refractivity contribution in [2.75, 3.05) is 5.43 Å². The number of hydrogen-bond donors (Lipinski definition) is 2. The molecule has 0 amide bonds. The van der Waals surface area contributed by atoms with E-state index in [1.54, 1.807) is 24.3 Å². The number of phenols is 1. The molecule has 2 aromatic rings. The van der Waals surface area contributed by atoms with E-state index in [4.69, 9.17) is 0 Å². The van der Waals surface area contributed by atoms with Gasteiger partial charge in [0.15, 0.2) is 0 Å². The molecule has 19 heavy (non-hydrogen) atoms. The number of hydrazone groups is 1. The molecule has 0 heterocycles. The van der Waals surface area contributed by atoms with Crippen molar-refractivity contribution in [2.45, 2.75) is 0 Å². The predicted molar refractivity (Wildman–Crippen MR) is 81.1 cm³/mol. The molecule has 0 saturated carbocycles. The maximum atomic E-state index is 12.9. The van der Waals surface area contributed by atoms with Crippen molar-refractivity contribution in [1.82, 2.24) is 0 Å². The number of hydrogen-bond acceptors (Lipinski definition) is 3. The smallest absolute Gasteiger partial charge is 0.138 e. The van der Waals surface area contributed by atoms with Crippen LogP contribution in [-0.2, 0) is 0 Å². The molecule has 0 aliphatic carbocycles. The molecule has 98 valence electrons. The molecule has 0 spiro atoms. The van der Waals surface area contributed by atoms with E-state index in [2.05, 4.69) is 42.4 Å². The minimum Gasteiger partial charge on any atom is -0.506 e. The zero-order chi connectivity index (χ0) is 13.8. The summed E-state index contributed by atoms with van der Waals surface area (Å²) in [6.45, 7) is 0. The van der Waals surface area contributed by atoms with Gasteiger partial charge in [-0.25, -0.2) is 4.39 Å². The van der Waals surface area contributed by atoms with Gasteiger partial charge >= 0.3 is 0 Å². The maximum absolute atomic E-state index is 12.9. The highest BCUT2D eigenvalue weighted by atomic mass is 79.9. The van der Waals surface area contributed by atoms with Crippen LogP contribution >= 0.6 is 31.9 Å². The first-order valence-corrected chi connectivity index (χ1v) is 6.87. The quantitative estimate of drug-likeness (QED) is 0.601. The van der Waals surface area contributed by atoms with Crippen molar-refractivity contribution in [3.05, 3.63) is 56.7 Å². The summed E-state index contributed by atoms with van der Waals surface area (Å²) in [5.41, 5.74) is 3.75. The second-order valence-electron chi connectivity index (χ2n) is 3.71. The summed E-state index contributed by atoms with van der Waals surface area (Å²) < 4.78 is 14.3. The van der Waals surface area contributed by atoms with Crippen LogP contribution in [-0.4, -0.2) is 11.3 Å². The van der Waals surface area contributed by atoms with Gasteiger partial charge in [0.25, 0.3) is 0 Å². The molecule has 2 rings (SSSR count). The summed E-state index contributed by atoms with van der Waals surface area (Å²) in [7, 11) is 0. The topological polar surface area (TPSA) is 44.6 Å². The van der Waals surface area contributed by atoms with Gasteiger partial charge in [-0.2, -0.15) is 5.10 Å². The van der Waals surface area contributed by atoms with E-state index in [1.807, 2.05) is 0 Å². The second kappa shape index (κ2) is 6.16. The molecule has 6 heteroatoms. The Balaban J connectivity index is 2.15. The zero-order valence-corrected chi connectivity index (χ0v) is 12.7. The lowest BCUT2D eigenvalue weighted by atomic mass is 10.2. The number of aromatic hydroxyl groups is 1. The van der Waals surface area contributed by atoms with Gasteiger partial charge in [-0.3, -0.25) is 5.43 Å². The summed E-state index contributed by atoms with van der Waals surface area (Å²) in [5, 5.41) is 13.8. The fourth-order valence-corrected chi connectivity index (χ4v) is 2.68. The van der Waals surface area contributed by atoms with Crippen LogP contribution in [0.3, 0.4) is 0 Å². The molecule has 3 nitrogen and oxygen atoms in total. The molecule has 0 fully saturated rings. The van der Waals surface area contributed by atoms with Gasteiger partial charge in [0.1, 0.15) is 11.6 Å². The first kappa shape index (κ1) is 14.0. The SMILES string of the molecule is Oc1c(Br)cc(Br)cc1/C=N/Nc1cccc(F)c1. The normalized spacial score (nSPS) is 10.9. The minimum atomic E-state index is -0.340. The molecule has 0 atom stereocenters. The third-order valence-corrected chi connectivity index (χ3v) is 3.34. The first-order chi connectivity index (χ1) is 9.06. The van der Waals surface area contributed by atoms with Gasteiger partial charge in [0.05, 0.1) is 16.4 Å². The highest BCUT2D eigenvalue weighted by Crippen LogP contribution is 2.30. The summed E-state index contributed by atoms with van der Waals surface area (Å²) in [4.78, 5) is 0. The third-order valence-electron chi connectivity index (χ3n) is 2.28. The molecular weight excluding hydrogens is 379 g/mol. The Labute approximate surface area is 126 Å². The van der Waals surface area contributed by atoms with Crippen LogP contribution < -0.4 is 5.43 Å². The summed E-state index contributed by atoms with van der Waals surface area (Å²) >= 11 is 6.55. The van der Waals surface area contributed by atoms with Crippen LogP contribution in [0.4, 0.5) is 10.1 Å². The van der Waals surface area contributed by atoms with Crippen molar-refractivity contribution >= 4 is 43.8 Å². The van der Waals surface area contributed by atoms with Crippen molar-refractivity contribution < 1.29 is 9.50 Å². The maximum Gasteiger partial charge on any atom is 0.138 e. The summed E-state index contributed by atoms with van der Waals surface area (Å²) in [6.07, 6.45) is 1.45. The van der Waals surface area contributed by atoms with E-state index in [1.165, 1.54) is 18.3 Å². The average Bonchev–Trinajstić information content (AvgIpc) is 2.35. The number of benzene rings is 2. The van der Waals surface area contributed by atoms with Gasteiger partial charge in [-0.15, -0.1) is 0 Å². The molecule has 0 radical (unpaired) electrons. The van der Waals surface area contributed by atoms with E-state index in [0.29, 0.717) is 15.7 Å².